The summed E-state index contributed by atoms with van der Waals surface area (Å²) in [4.78, 5) is 12.9. The topological polar surface area (TPSA) is 38.3 Å². The molecule has 2 aliphatic carbocycles. The first kappa shape index (κ1) is 14.2. The molecule has 2 aliphatic rings. The second-order valence-corrected chi connectivity index (χ2v) is 6.88. The minimum Gasteiger partial charge on any atom is -0.495 e. The van der Waals surface area contributed by atoms with Crippen LogP contribution in [0.15, 0.2) is 36.4 Å². The third kappa shape index (κ3) is 1.90. The van der Waals surface area contributed by atoms with Crippen LogP contribution in [0, 0.1) is 16.7 Å². The molecular formula is C18H23NO2. The van der Waals surface area contributed by atoms with E-state index in [-0.39, 0.29) is 11.3 Å². The highest BCUT2D eigenvalue weighted by Gasteiger charge is 2.60. The molecule has 1 amide bonds. The van der Waals surface area contributed by atoms with Crippen LogP contribution in [0.4, 0.5) is 5.69 Å². The standard InChI is InChI=1S/C18H23NO2/c1-12-17(2,3)13-9-10-18(12,11-13)16(20)19-14-7-5-6-8-15(14)21-4/h5-8,13H,1,9-11H2,2-4H3,(H,19,20)/t13-,18+/m0/s1. The Bertz CT molecular complexity index is 605. The molecule has 0 saturated heterocycles. The SMILES string of the molecule is C=C1C(C)(C)[C@H]2CC[C@@]1(C(=O)Nc1ccccc1OC)C2. The molecule has 0 spiro atoms. The number of anilines is 1. The van der Waals surface area contributed by atoms with Crippen molar-refractivity contribution < 1.29 is 9.53 Å². The average molecular weight is 285 g/mol. The third-order valence-electron chi connectivity index (χ3n) is 5.68. The van der Waals surface area contributed by atoms with Crippen LogP contribution in [-0.2, 0) is 4.79 Å². The van der Waals surface area contributed by atoms with Crippen molar-refractivity contribution in [2.45, 2.75) is 33.1 Å². The van der Waals surface area contributed by atoms with Gasteiger partial charge in [0.1, 0.15) is 5.75 Å². The molecule has 3 rings (SSSR count). The molecule has 2 saturated carbocycles. The lowest BCUT2D eigenvalue weighted by Gasteiger charge is -2.37. The molecule has 0 aliphatic heterocycles. The molecule has 0 radical (unpaired) electrons. The van der Waals surface area contributed by atoms with Gasteiger partial charge in [0, 0.05) is 0 Å². The number of carbonyl (C=O) groups excluding carboxylic acids is 1. The molecule has 3 nitrogen and oxygen atoms in total. The zero-order valence-electron chi connectivity index (χ0n) is 13.0. The van der Waals surface area contributed by atoms with Crippen LogP contribution in [0.2, 0.25) is 0 Å². The molecule has 0 aromatic heterocycles. The van der Waals surface area contributed by atoms with Crippen LogP contribution in [0.5, 0.6) is 5.75 Å². The Labute approximate surface area is 126 Å². The highest BCUT2D eigenvalue weighted by molar-refractivity contribution is 5.99. The number of nitrogens with one attached hydrogen (secondary N) is 1. The Kier molecular flexibility index (Phi) is 3.12. The molecular weight excluding hydrogens is 262 g/mol. The Morgan fingerprint density at radius 1 is 1.38 bits per heavy atom. The minimum absolute atomic E-state index is 0.0658. The zero-order chi connectivity index (χ0) is 15.3. The highest BCUT2D eigenvalue weighted by Crippen LogP contribution is 2.65. The smallest absolute Gasteiger partial charge is 0.234 e. The normalized spacial score (nSPS) is 29.5. The van der Waals surface area contributed by atoms with E-state index in [9.17, 15) is 4.79 Å². The Balaban J connectivity index is 1.88. The number of benzene rings is 1. The molecule has 0 unspecified atom stereocenters. The fourth-order valence-corrected chi connectivity index (χ4v) is 4.13. The Morgan fingerprint density at radius 2 is 2.10 bits per heavy atom. The first-order chi connectivity index (χ1) is 9.91. The number of ether oxygens (including phenoxy) is 1. The largest absolute Gasteiger partial charge is 0.495 e. The quantitative estimate of drug-likeness (QED) is 0.852. The van der Waals surface area contributed by atoms with Gasteiger partial charge in [-0.25, -0.2) is 0 Å². The monoisotopic (exact) mass is 285 g/mol. The summed E-state index contributed by atoms with van der Waals surface area (Å²) in [7, 11) is 1.62. The van der Waals surface area contributed by atoms with Crippen molar-refractivity contribution in [1.82, 2.24) is 0 Å². The number of hydrogen-bond acceptors (Lipinski definition) is 2. The van der Waals surface area contributed by atoms with E-state index >= 15 is 0 Å². The van der Waals surface area contributed by atoms with Gasteiger partial charge in [-0.1, -0.05) is 38.1 Å². The molecule has 2 atom stereocenters. The summed E-state index contributed by atoms with van der Waals surface area (Å²) < 4.78 is 5.32. The van der Waals surface area contributed by atoms with Gasteiger partial charge >= 0.3 is 0 Å². The van der Waals surface area contributed by atoms with Gasteiger partial charge < -0.3 is 10.1 Å². The number of hydrogen-bond donors (Lipinski definition) is 1. The number of fused-ring (bicyclic) bond motifs is 2. The van der Waals surface area contributed by atoms with Crippen molar-refractivity contribution in [2.75, 3.05) is 12.4 Å². The van der Waals surface area contributed by atoms with E-state index in [0.717, 1.165) is 30.5 Å². The fraction of sp³-hybridized carbons (Fsp3) is 0.500. The predicted molar refractivity (Wildman–Crippen MR) is 84.3 cm³/mol. The highest BCUT2D eigenvalue weighted by atomic mass is 16.5. The molecule has 0 heterocycles. The lowest BCUT2D eigenvalue weighted by Crippen LogP contribution is -2.37. The van der Waals surface area contributed by atoms with Gasteiger partial charge in [-0.05, 0) is 42.7 Å². The second-order valence-electron chi connectivity index (χ2n) is 6.88. The molecule has 1 N–H and O–H groups in total. The van der Waals surface area contributed by atoms with Crippen molar-refractivity contribution >= 4 is 11.6 Å². The van der Waals surface area contributed by atoms with E-state index in [4.69, 9.17) is 4.74 Å². The van der Waals surface area contributed by atoms with Crippen LogP contribution in [-0.4, -0.2) is 13.0 Å². The molecule has 1 aromatic rings. The number of para-hydroxylation sites is 2. The van der Waals surface area contributed by atoms with Crippen LogP contribution in [0.1, 0.15) is 33.1 Å². The first-order valence-electron chi connectivity index (χ1n) is 7.56. The molecule has 2 bridgehead atoms. The number of amides is 1. The van der Waals surface area contributed by atoms with Crippen molar-refractivity contribution in [3.05, 3.63) is 36.4 Å². The van der Waals surface area contributed by atoms with E-state index in [1.54, 1.807) is 7.11 Å². The fourth-order valence-electron chi connectivity index (χ4n) is 4.13. The molecule has 2 fully saturated rings. The van der Waals surface area contributed by atoms with E-state index in [1.807, 2.05) is 24.3 Å². The summed E-state index contributed by atoms with van der Waals surface area (Å²) in [6.07, 6.45) is 2.96. The van der Waals surface area contributed by atoms with Crippen molar-refractivity contribution in [3.8, 4) is 5.75 Å². The van der Waals surface area contributed by atoms with Crippen LogP contribution >= 0.6 is 0 Å². The van der Waals surface area contributed by atoms with Gasteiger partial charge in [0.25, 0.3) is 0 Å². The summed E-state index contributed by atoms with van der Waals surface area (Å²) in [6, 6.07) is 7.54. The summed E-state index contributed by atoms with van der Waals surface area (Å²) in [5.74, 6) is 1.35. The Hall–Kier alpha value is -1.77. The lowest BCUT2D eigenvalue weighted by molar-refractivity contribution is -0.123. The van der Waals surface area contributed by atoms with Crippen molar-refractivity contribution in [1.29, 1.82) is 0 Å². The van der Waals surface area contributed by atoms with Gasteiger partial charge in [0.2, 0.25) is 5.91 Å². The first-order valence-corrected chi connectivity index (χ1v) is 7.56. The maximum absolute atomic E-state index is 12.9. The summed E-state index contributed by atoms with van der Waals surface area (Å²) in [5.41, 5.74) is 1.50. The Morgan fingerprint density at radius 3 is 2.71 bits per heavy atom. The van der Waals surface area contributed by atoms with Crippen LogP contribution in [0.3, 0.4) is 0 Å². The van der Waals surface area contributed by atoms with Crippen molar-refractivity contribution in [3.63, 3.8) is 0 Å². The van der Waals surface area contributed by atoms with Gasteiger partial charge in [-0.15, -0.1) is 0 Å². The average Bonchev–Trinajstić information content (AvgIpc) is 3.00. The number of rotatable bonds is 3. The van der Waals surface area contributed by atoms with Gasteiger partial charge in [-0.3, -0.25) is 4.79 Å². The maximum atomic E-state index is 12.9. The van der Waals surface area contributed by atoms with Crippen LogP contribution in [0.25, 0.3) is 0 Å². The predicted octanol–water partition coefficient (Wildman–Crippen LogP) is 4.02. The van der Waals surface area contributed by atoms with E-state index in [2.05, 4.69) is 25.7 Å². The molecule has 3 heteroatoms. The summed E-state index contributed by atoms with van der Waals surface area (Å²) in [5, 5.41) is 3.07. The van der Waals surface area contributed by atoms with Gasteiger partial charge in [0.15, 0.2) is 0 Å². The van der Waals surface area contributed by atoms with Gasteiger partial charge in [-0.2, -0.15) is 0 Å². The number of methoxy groups -OCH3 is 1. The zero-order valence-corrected chi connectivity index (χ0v) is 13.0. The minimum atomic E-state index is -0.394. The van der Waals surface area contributed by atoms with E-state index in [1.165, 1.54) is 0 Å². The van der Waals surface area contributed by atoms with Gasteiger partial charge in [0.05, 0.1) is 18.2 Å². The summed E-state index contributed by atoms with van der Waals surface area (Å²) >= 11 is 0. The lowest BCUT2D eigenvalue weighted by atomic mass is 9.68. The maximum Gasteiger partial charge on any atom is 0.234 e. The number of carbonyl (C=O) groups is 1. The molecule has 112 valence electrons. The third-order valence-corrected chi connectivity index (χ3v) is 5.68. The van der Waals surface area contributed by atoms with Crippen LogP contribution < -0.4 is 10.1 Å². The molecule has 21 heavy (non-hydrogen) atoms. The second kappa shape index (κ2) is 4.62. The summed E-state index contributed by atoms with van der Waals surface area (Å²) in [6.45, 7) is 8.71. The van der Waals surface area contributed by atoms with E-state index in [0.29, 0.717) is 11.7 Å². The van der Waals surface area contributed by atoms with Crippen molar-refractivity contribution in [2.24, 2.45) is 16.7 Å². The molecule has 1 aromatic carbocycles. The van der Waals surface area contributed by atoms with E-state index < -0.39 is 5.41 Å².